The fraction of sp³-hybridized carbons (Fsp3) is 0.250. The lowest BCUT2D eigenvalue weighted by atomic mass is 9.98. The Labute approximate surface area is 116 Å². The summed E-state index contributed by atoms with van der Waals surface area (Å²) in [4.78, 5) is 0. The number of phenolic OH excluding ortho intramolecular Hbond substituents is 1. The van der Waals surface area contributed by atoms with Crippen LogP contribution >= 0.6 is 0 Å². The zero-order chi connectivity index (χ0) is 14.3. The Bertz CT molecular complexity index is 649. The molecule has 0 spiro atoms. The minimum atomic E-state index is -1.70. The molecule has 0 bridgehead atoms. The van der Waals surface area contributed by atoms with Crippen LogP contribution in [-0.4, -0.2) is 20.4 Å². The summed E-state index contributed by atoms with van der Waals surface area (Å²) in [5.41, 5.74) is 3.90. The quantitative estimate of drug-likeness (QED) is 0.630. The molecule has 4 nitrogen and oxygen atoms in total. The van der Waals surface area contributed by atoms with Gasteiger partial charge in [-0.3, -0.25) is 0 Å². The van der Waals surface area contributed by atoms with Crippen LogP contribution in [0.4, 0.5) is 0 Å². The summed E-state index contributed by atoms with van der Waals surface area (Å²) in [6.45, 7) is 0. The molecule has 0 radical (unpaired) electrons. The van der Waals surface area contributed by atoms with Gasteiger partial charge in [-0.2, -0.15) is 0 Å². The van der Waals surface area contributed by atoms with E-state index in [2.05, 4.69) is 0 Å². The van der Waals surface area contributed by atoms with Crippen LogP contribution in [0.15, 0.2) is 36.4 Å². The maximum absolute atomic E-state index is 9.80. The summed E-state index contributed by atoms with van der Waals surface area (Å²) in [5.74, 6) is -0.139. The van der Waals surface area contributed by atoms with E-state index >= 15 is 0 Å². The fourth-order valence-electron chi connectivity index (χ4n) is 2.72. The second-order valence-corrected chi connectivity index (χ2v) is 5.12. The molecule has 0 fully saturated rings. The minimum Gasteiger partial charge on any atom is -0.507 e. The third kappa shape index (κ3) is 2.18. The molecule has 3 rings (SSSR count). The van der Waals surface area contributed by atoms with Gasteiger partial charge >= 0.3 is 0 Å². The number of hydrogen-bond acceptors (Lipinski definition) is 4. The summed E-state index contributed by atoms with van der Waals surface area (Å²) < 4.78 is 0. The SMILES string of the molecule is Oc1ccc(-c2ccc3c(c2)CCC3O)cc1C(O)O. The number of aliphatic hydroxyl groups is 3. The van der Waals surface area contributed by atoms with E-state index in [0.717, 1.165) is 35.1 Å². The molecule has 0 saturated heterocycles. The Morgan fingerprint density at radius 1 is 1.00 bits per heavy atom. The van der Waals surface area contributed by atoms with Crippen LogP contribution in [0.25, 0.3) is 11.1 Å². The number of aliphatic hydroxyl groups excluding tert-OH is 2. The van der Waals surface area contributed by atoms with Crippen LogP contribution in [0.3, 0.4) is 0 Å². The molecule has 2 aromatic rings. The van der Waals surface area contributed by atoms with Gasteiger partial charge in [-0.15, -0.1) is 0 Å². The predicted octanol–water partition coefficient (Wildman–Crippen LogP) is 2.02. The Kier molecular flexibility index (Phi) is 3.22. The number of fused-ring (bicyclic) bond motifs is 1. The molecule has 20 heavy (non-hydrogen) atoms. The molecule has 0 heterocycles. The molecule has 0 aromatic heterocycles. The average Bonchev–Trinajstić information content (AvgIpc) is 2.80. The molecule has 0 amide bonds. The average molecular weight is 272 g/mol. The largest absolute Gasteiger partial charge is 0.507 e. The minimum absolute atomic E-state index is 0.0861. The highest BCUT2D eigenvalue weighted by atomic mass is 16.5. The van der Waals surface area contributed by atoms with Crippen molar-refractivity contribution in [1.82, 2.24) is 0 Å². The van der Waals surface area contributed by atoms with Crippen molar-refractivity contribution in [3.05, 3.63) is 53.1 Å². The molecule has 0 aliphatic heterocycles. The molecular formula is C16H16O4. The van der Waals surface area contributed by atoms with Crippen LogP contribution in [0.2, 0.25) is 0 Å². The summed E-state index contributed by atoms with van der Waals surface area (Å²) in [5, 5.41) is 37.8. The summed E-state index contributed by atoms with van der Waals surface area (Å²) in [6.07, 6.45) is -0.493. The van der Waals surface area contributed by atoms with Crippen LogP contribution < -0.4 is 0 Å². The Balaban J connectivity index is 2.04. The fourth-order valence-corrected chi connectivity index (χ4v) is 2.72. The molecule has 1 atom stereocenters. The number of hydrogen-bond donors (Lipinski definition) is 4. The summed E-state index contributed by atoms with van der Waals surface area (Å²) in [7, 11) is 0. The van der Waals surface area contributed by atoms with Crippen molar-refractivity contribution in [1.29, 1.82) is 0 Å². The van der Waals surface area contributed by atoms with E-state index in [1.807, 2.05) is 18.2 Å². The predicted molar refractivity (Wildman–Crippen MR) is 74.0 cm³/mol. The first-order valence-electron chi connectivity index (χ1n) is 6.56. The van der Waals surface area contributed by atoms with E-state index < -0.39 is 6.29 Å². The van der Waals surface area contributed by atoms with E-state index in [4.69, 9.17) is 0 Å². The number of aromatic hydroxyl groups is 1. The topological polar surface area (TPSA) is 80.9 Å². The van der Waals surface area contributed by atoms with Gasteiger partial charge in [-0.25, -0.2) is 0 Å². The monoisotopic (exact) mass is 272 g/mol. The highest BCUT2D eigenvalue weighted by Crippen LogP contribution is 2.35. The first-order chi connectivity index (χ1) is 9.56. The number of aryl methyl sites for hydroxylation is 1. The zero-order valence-corrected chi connectivity index (χ0v) is 10.8. The molecule has 104 valence electrons. The van der Waals surface area contributed by atoms with Crippen molar-refractivity contribution in [3.63, 3.8) is 0 Å². The first kappa shape index (κ1) is 13.1. The third-order valence-electron chi connectivity index (χ3n) is 3.83. The van der Waals surface area contributed by atoms with Crippen LogP contribution in [0.1, 0.15) is 35.5 Å². The van der Waals surface area contributed by atoms with Crippen LogP contribution in [-0.2, 0) is 6.42 Å². The van der Waals surface area contributed by atoms with Crippen molar-refractivity contribution < 1.29 is 20.4 Å². The van der Waals surface area contributed by atoms with Crippen molar-refractivity contribution in [3.8, 4) is 16.9 Å². The van der Waals surface area contributed by atoms with Crippen molar-refractivity contribution in [2.75, 3.05) is 0 Å². The lowest BCUT2D eigenvalue weighted by Gasteiger charge is -2.11. The van der Waals surface area contributed by atoms with Gasteiger partial charge in [0.05, 0.1) is 6.10 Å². The van der Waals surface area contributed by atoms with E-state index in [0.29, 0.717) is 0 Å². The number of phenols is 1. The van der Waals surface area contributed by atoms with Crippen molar-refractivity contribution in [2.24, 2.45) is 0 Å². The summed E-state index contributed by atoms with van der Waals surface area (Å²) >= 11 is 0. The Hall–Kier alpha value is -1.88. The van der Waals surface area contributed by atoms with Gasteiger partial charge in [-0.1, -0.05) is 24.3 Å². The second kappa shape index (κ2) is 4.90. The number of benzene rings is 2. The van der Waals surface area contributed by atoms with Crippen LogP contribution in [0.5, 0.6) is 5.75 Å². The Morgan fingerprint density at radius 3 is 2.45 bits per heavy atom. The highest BCUT2D eigenvalue weighted by Gasteiger charge is 2.20. The molecule has 1 aliphatic carbocycles. The normalized spacial score (nSPS) is 17.5. The van der Waals surface area contributed by atoms with Gasteiger partial charge in [0.25, 0.3) is 0 Å². The van der Waals surface area contributed by atoms with Gasteiger partial charge in [0, 0.05) is 5.56 Å². The lowest BCUT2D eigenvalue weighted by molar-refractivity contribution is -0.0438. The van der Waals surface area contributed by atoms with Gasteiger partial charge in [-0.05, 0) is 47.2 Å². The molecular weight excluding hydrogens is 256 g/mol. The van der Waals surface area contributed by atoms with Gasteiger partial charge in [0.1, 0.15) is 5.75 Å². The maximum Gasteiger partial charge on any atom is 0.182 e. The maximum atomic E-state index is 9.80. The standard InChI is InChI=1S/C16H16O4/c17-14-6-3-11-7-9(1-4-12(11)14)10-2-5-15(18)13(8-10)16(19)20/h1-2,4-5,7-8,14,16-20H,3,6H2. The molecule has 1 unspecified atom stereocenters. The molecule has 1 aliphatic rings. The van der Waals surface area contributed by atoms with E-state index in [-0.39, 0.29) is 17.4 Å². The van der Waals surface area contributed by atoms with Crippen molar-refractivity contribution >= 4 is 0 Å². The van der Waals surface area contributed by atoms with Gasteiger partial charge in [0.15, 0.2) is 6.29 Å². The van der Waals surface area contributed by atoms with Crippen LogP contribution in [0, 0.1) is 0 Å². The molecule has 0 saturated carbocycles. The van der Waals surface area contributed by atoms with Crippen molar-refractivity contribution in [2.45, 2.75) is 25.2 Å². The first-order valence-corrected chi connectivity index (χ1v) is 6.56. The smallest absolute Gasteiger partial charge is 0.182 e. The highest BCUT2D eigenvalue weighted by molar-refractivity contribution is 5.67. The van der Waals surface area contributed by atoms with Gasteiger partial charge in [0.2, 0.25) is 0 Å². The Morgan fingerprint density at radius 2 is 1.70 bits per heavy atom. The second-order valence-electron chi connectivity index (χ2n) is 5.12. The molecule has 2 aromatic carbocycles. The number of rotatable bonds is 2. The van der Waals surface area contributed by atoms with Gasteiger partial charge < -0.3 is 20.4 Å². The summed E-state index contributed by atoms with van der Waals surface area (Å²) in [6, 6.07) is 10.6. The van der Waals surface area contributed by atoms with E-state index in [1.165, 1.54) is 6.07 Å². The van der Waals surface area contributed by atoms with E-state index in [9.17, 15) is 20.4 Å². The zero-order valence-electron chi connectivity index (χ0n) is 10.8. The lowest BCUT2D eigenvalue weighted by Crippen LogP contribution is -1.96. The molecule has 4 heteroatoms. The van der Waals surface area contributed by atoms with E-state index in [1.54, 1.807) is 12.1 Å². The molecule has 4 N–H and O–H groups in total. The third-order valence-corrected chi connectivity index (χ3v) is 3.83.